The van der Waals surface area contributed by atoms with Gasteiger partial charge < -0.3 is 5.32 Å². The molecule has 2 heterocycles. The van der Waals surface area contributed by atoms with Gasteiger partial charge in [0.2, 0.25) is 0 Å². The van der Waals surface area contributed by atoms with Gasteiger partial charge in [-0.25, -0.2) is 9.97 Å². The third-order valence-corrected chi connectivity index (χ3v) is 2.83. The molecule has 6 nitrogen and oxygen atoms in total. The summed E-state index contributed by atoms with van der Waals surface area (Å²) in [5, 5.41) is 14.8. The number of anilines is 2. The van der Waals surface area contributed by atoms with E-state index in [4.69, 9.17) is 0 Å². The summed E-state index contributed by atoms with van der Waals surface area (Å²) < 4.78 is 0. The number of aromatic nitrogens is 2. The van der Waals surface area contributed by atoms with Crippen LogP contribution >= 0.6 is 0 Å². The van der Waals surface area contributed by atoms with Gasteiger partial charge in [-0.15, -0.1) is 0 Å². The van der Waals surface area contributed by atoms with Gasteiger partial charge in [0.05, 0.1) is 16.8 Å². The maximum Gasteiger partial charge on any atom is 0.292 e. The van der Waals surface area contributed by atoms with Gasteiger partial charge in [-0.2, -0.15) is 0 Å². The van der Waals surface area contributed by atoms with Gasteiger partial charge in [-0.3, -0.25) is 10.1 Å². The molecule has 3 rings (SSSR count). The van der Waals surface area contributed by atoms with Crippen LogP contribution < -0.4 is 5.32 Å². The highest BCUT2D eigenvalue weighted by Crippen LogP contribution is 2.27. The summed E-state index contributed by atoms with van der Waals surface area (Å²) in [6, 6.07) is 12.0. The van der Waals surface area contributed by atoms with Gasteiger partial charge >= 0.3 is 0 Å². The first kappa shape index (κ1) is 12.0. The summed E-state index contributed by atoms with van der Waals surface area (Å²) in [5.41, 5.74) is 1.78. The van der Waals surface area contributed by atoms with Crippen LogP contribution in [-0.2, 0) is 0 Å². The van der Waals surface area contributed by atoms with Crippen LogP contribution in [0.3, 0.4) is 0 Å². The summed E-state index contributed by atoms with van der Waals surface area (Å²) in [7, 11) is 0. The highest BCUT2D eigenvalue weighted by molar-refractivity contribution is 5.80. The van der Waals surface area contributed by atoms with Crippen molar-refractivity contribution in [3.05, 3.63) is 65.0 Å². The fourth-order valence-electron chi connectivity index (χ4n) is 1.93. The van der Waals surface area contributed by atoms with E-state index in [1.807, 2.05) is 18.2 Å². The standard InChI is InChI=1S/C14H10N4O2/c19-18(20)13-6-2-1-5-12(13)17-11-8-10-4-3-7-15-14(10)16-9-11/h1-9,17H. The Balaban J connectivity index is 1.99. The number of nitro groups is 1. The van der Waals surface area contributed by atoms with Crippen molar-refractivity contribution in [2.24, 2.45) is 0 Å². The number of benzene rings is 1. The van der Waals surface area contributed by atoms with E-state index in [1.165, 1.54) is 6.07 Å². The average Bonchev–Trinajstić information content (AvgIpc) is 2.47. The molecule has 0 aliphatic heterocycles. The Morgan fingerprint density at radius 3 is 2.80 bits per heavy atom. The van der Waals surface area contributed by atoms with Crippen LogP contribution in [0, 0.1) is 10.1 Å². The Bertz CT molecular complexity index is 789. The molecule has 1 aromatic carbocycles. The van der Waals surface area contributed by atoms with E-state index in [2.05, 4.69) is 15.3 Å². The quantitative estimate of drug-likeness (QED) is 0.581. The largest absolute Gasteiger partial charge is 0.349 e. The number of nitro benzene ring substituents is 1. The summed E-state index contributed by atoms with van der Waals surface area (Å²) in [6.45, 7) is 0. The lowest BCUT2D eigenvalue weighted by atomic mass is 10.2. The third kappa shape index (κ3) is 2.26. The van der Waals surface area contributed by atoms with Crippen molar-refractivity contribution >= 4 is 28.1 Å². The molecular formula is C14H10N4O2. The van der Waals surface area contributed by atoms with Crippen LogP contribution in [0.4, 0.5) is 17.1 Å². The Morgan fingerprint density at radius 1 is 1.10 bits per heavy atom. The molecule has 3 aromatic rings. The van der Waals surface area contributed by atoms with E-state index in [0.717, 1.165) is 5.39 Å². The van der Waals surface area contributed by atoms with E-state index in [1.54, 1.807) is 30.6 Å². The summed E-state index contributed by atoms with van der Waals surface area (Å²) in [6.07, 6.45) is 3.27. The van der Waals surface area contributed by atoms with Gasteiger partial charge in [0.15, 0.2) is 5.65 Å². The molecule has 20 heavy (non-hydrogen) atoms. The molecule has 1 N–H and O–H groups in total. The molecule has 0 unspecified atom stereocenters. The Labute approximate surface area is 114 Å². The summed E-state index contributed by atoms with van der Waals surface area (Å²) >= 11 is 0. The lowest BCUT2D eigenvalue weighted by molar-refractivity contribution is -0.383. The maximum absolute atomic E-state index is 11.0. The lowest BCUT2D eigenvalue weighted by Crippen LogP contribution is -1.97. The zero-order valence-corrected chi connectivity index (χ0v) is 10.4. The van der Waals surface area contributed by atoms with Crippen LogP contribution in [0.1, 0.15) is 0 Å². The Morgan fingerprint density at radius 2 is 1.95 bits per heavy atom. The molecule has 0 aliphatic carbocycles. The molecule has 0 radical (unpaired) electrons. The van der Waals surface area contributed by atoms with Crippen LogP contribution in [-0.4, -0.2) is 14.9 Å². The molecular weight excluding hydrogens is 256 g/mol. The molecule has 0 atom stereocenters. The highest BCUT2D eigenvalue weighted by atomic mass is 16.6. The number of nitrogens with one attached hydrogen (secondary N) is 1. The Hall–Kier alpha value is -3.02. The van der Waals surface area contributed by atoms with Crippen LogP contribution in [0.25, 0.3) is 11.0 Å². The predicted octanol–water partition coefficient (Wildman–Crippen LogP) is 3.28. The third-order valence-electron chi connectivity index (χ3n) is 2.83. The second kappa shape index (κ2) is 4.93. The first-order chi connectivity index (χ1) is 9.74. The minimum Gasteiger partial charge on any atom is -0.349 e. The zero-order chi connectivity index (χ0) is 13.9. The van der Waals surface area contributed by atoms with Crippen molar-refractivity contribution in [2.45, 2.75) is 0 Å². The first-order valence-corrected chi connectivity index (χ1v) is 5.95. The second-order valence-electron chi connectivity index (χ2n) is 4.17. The van der Waals surface area contributed by atoms with Crippen molar-refractivity contribution < 1.29 is 4.92 Å². The van der Waals surface area contributed by atoms with Crippen molar-refractivity contribution in [1.82, 2.24) is 9.97 Å². The van der Waals surface area contributed by atoms with Gasteiger partial charge in [-0.1, -0.05) is 12.1 Å². The molecule has 6 heteroatoms. The number of pyridine rings is 2. The van der Waals surface area contributed by atoms with E-state index < -0.39 is 4.92 Å². The van der Waals surface area contributed by atoms with Crippen LogP contribution in [0.15, 0.2) is 54.9 Å². The molecule has 0 saturated carbocycles. The number of rotatable bonds is 3. The Kier molecular flexibility index (Phi) is 2.96. The van der Waals surface area contributed by atoms with E-state index in [9.17, 15) is 10.1 Å². The van der Waals surface area contributed by atoms with Crippen LogP contribution in [0.5, 0.6) is 0 Å². The zero-order valence-electron chi connectivity index (χ0n) is 10.4. The van der Waals surface area contributed by atoms with E-state index >= 15 is 0 Å². The molecule has 0 fully saturated rings. The molecule has 98 valence electrons. The van der Waals surface area contributed by atoms with Gasteiger partial charge in [0.25, 0.3) is 5.69 Å². The average molecular weight is 266 g/mol. The van der Waals surface area contributed by atoms with Gasteiger partial charge in [0, 0.05) is 17.6 Å². The number of hydrogen-bond donors (Lipinski definition) is 1. The van der Waals surface area contributed by atoms with Crippen molar-refractivity contribution in [1.29, 1.82) is 0 Å². The van der Waals surface area contributed by atoms with Gasteiger partial charge in [0.1, 0.15) is 5.69 Å². The minimum absolute atomic E-state index is 0.0267. The van der Waals surface area contributed by atoms with Crippen LogP contribution in [0.2, 0.25) is 0 Å². The van der Waals surface area contributed by atoms with Gasteiger partial charge in [-0.05, 0) is 24.3 Å². The SMILES string of the molecule is O=[N+]([O-])c1ccccc1Nc1cnc2ncccc2c1. The topological polar surface area (TPSA) is 81.0 Å². The molecule has 2 aromatic heterocycles. The number of nitrogens with zero attached hydrogens (tertiary/aromatic N) is 3. The molecule has 0 bridgehead atoms. The summed E-state index contributed by atoms with van der Waals surface area (Å²) in [4.78, 5) is 18.9. The number of para-hydroxylation sites is 2. The predicted molar refractivity (Wildman–Crippen MR) is 75.9 cm³/mol. The minimum atomic E-state index is -0.418. The van der Waals surface area contributed by atoms with E-state index in [0.29, 0.717) is 17.0 Å². The van der Waals surface area contributed by atoms with Crippen molar-refractivity contribution in [2.75, 3.05) is 5.32 Å². The maximum atomic E-state index is 11.0. The number of hydrogen-bond acceptors (Lipinski definition) is 5. The highest BCUT2D eigenvalue weighted by Gasteiger charge is 2.12. The first-order valence-electron chi connectivity index (χ1n) is 5.95. The molecule has 0 aliphatic rings. The molecule has 0 amide bonds. The fraction of sp³-hybridized carbons (Fsp3) is 0. The lowest BCUT2D eigenvalue weighted by Gasteiger charge is -2.07. The van der Waals surface area contributed by atoms with Crippen molar-refractivity contribution in [3.8, 4) is 0 Å². The molecule has 0 saturated heterocycles. The molecule has 0 spiro atoms. The monoisotopic (exact) mass is 266 g/mol. The number of fused-ring (bicyclic) bond motifs is 1. The smallest absolute Gasteiger partial charge is 0.292 e. The summed E-state index contributed by atoms with van der Waals surface area (Å²) in [5.74, 6) is 0. The second-order valence-corrected chi connectivity index (χ2v) is 4.17. The van der Waals surface area contributed by atoms with E-state index in [-0.39, 0.29) is 5.69 Å². The van der Waals surface area contributed by atoms with Crippen molar-refractivity contribution in [3.63, 3.8) is 0 Å². The normalized spacial score (nSPS) is 10.4. The fourth-order valence-corrected chi connectivity index (χ4v) is 1.93.